The summed E-state index contributed by atoms with van der Waals surface area (Å²) in [5.41, 5.74) is 0.925. The van der Waals surface area contributed by atoms with Gasteiger partial charge in [-0.1, -0.05) is 13.0 Å². The summed E-state index contributed by atoms with van der Waals surface area (Å²) in [6.07, 6.45) is -0.699. The number of aliphatic hydroxyl groups is 4. The van der Waals surface area contributed by atoms with Gasteiger partial charge in [0, 0.05) is 36.7 Å². The molecular formula is C30H37N5O9. The number of likely N-dealkylation sites (tertiary alicyclic amines) is 2. The van der Waals surface area contributed by atoms with E-state index in [0.29, 0.717) is 11.6 Å². The maximum Gasteiger partial charge on any atom is 0.255 e. The van der Waals surface area contributed by atoms with E-state index in [1.807, 2.05) is 0 Å². The fourth-order valence-electron chi connectivity index (χ4n) is 8.24. The van der Waals surface area contributed by atoms with E-state index in [1.165, 1.54) is 25.1 Å². The zero-order valence-electron chi connectivity index (χ0n) is 24.8. The Kier molecular flexibility index (Phi) is 6.94. The van der Waals surface area contributed by atoms with Crippen LogP contribution in [0.15, 0.2) is 34.8 Å². The number of nitrogens with zero attached hydrogens (tertiary/aromatic N) is 3. The number of rotatable bonds is 5. The predicted octanol–water partition coefficient (Wildman–Crippen LogP) is -1.02. The number of nitrogens with two attached hydrogens (primary N) is 1. The zero-order chi connectivity index (χ0) is 32.2. The van der Waals surface area contributed by atoms with E-state index in [2.05, 4.69) is 22.2 Å². The smallest absolute Gasteiger partial charge is 0.255 e. The summed E-state index contributed by atoms with van der Waals surface area (Å²) in [6.45, 7) is 3.36. The van der Waals surface area contributed by atoms with Gasteiger partial charge in [-0.25, -0.2) is 0 Å². The van der Waals surface area contributed by atoms with Gasteiger partial charge in [0.25, 0.3) is 5.91 Å². The Balaban J connectivity index is 1.39. The maximum atomic E-state index is 14.0. The third-order valence-electron chi connectivity index (χ3n) is 10.4. The number of hydrogen-bond donors (Lipinski definition) is 7. The van der Waals surface area contributed by atoms with Gasteiger partial charge in [-0.05, 0) is 45.1 Å². The first-order valence-corrected chi connectivity index (χ1v) is 14.5. The van der Waals surface area contributed by atoms with Crippen molar-refractivity contribution < 1.29 is 44.7 Å². The van der Waals surface area contributed by atoms with Crippen LogP contribution >= 0.6 is 0 Å². The molecule has 0 spiro atoms. The molecular weight excluding hydrogens is 574 g/mol. The molecule has 14 heteroatoms. The second-order valence-electron chi connectivity index (χ2n) is 12.9. The Morgan fingerprint density at radius 2 is 1.82 bits per heavy atom. The van der Waals surface area contributed by atoms with Gasteiger partial charge in [0.1, 0.15) is 17.1 Å². The monoisotopic (exact) mass is 611 g/mol. The van der Waals surface area contributed by atoms with Crippen molar-refractivity contribution >= 4 is 29.1 Å². The van der Waals surface area contributed by atoms with E-state index in [9.17, 15) is 44.7 Å². The van der Waals surface area contributed by atoms with Gasteiger partial charge in [-0.3, -0.25) is 29.0 Å². The number of carbonyl (C=O) groups is 4. The molecule has 2 bridgehead atoms. The van der Waals surface area contributed by atoms with Crippen molar-refractivity contribution in [2.45, 2.75) is 49.1 Å². The minimum Gasteiger partial charge on any atom is -0.510 e. The van der Waals surface area contributed by atoms with Crippen LogP contribution in [0.3, 0.4) is 0 Å². The molecule has 0 radical (unpaired) electrons. The molecule has 236 valence electrons. The van der Waals surface area contributed by atoms with Crippen molar-refractivity contribution in [2.24, 2.45) is 17.6 Å². The molecule has 1 aromatic rings. The average Bonchev–Trinajstić information content (AvgIpc) is 3.50. The molecule has 2 fully saturated rings. The minimum atomic E-state index is -2.99. The number of carbonyl (C=O) groups excluding carboxylic acids is 4. The molecule has 2 aliphatic heterocycles. The minimum absolute atomic E-state index is 0.0347. The van der Waals surface area contributed by atoms with Gasteiger partial charge in [-0.15, -0.1) is 0 Å². The number of ketones is 2. The zero-order valence-corrected chi connectivity index (χ0v) is 24.8. The van der Waals surface area contributed by atoms with Crippen molar-refractivity contribution in [3.63, 3.8) is 0 Å². The number of hydrogen-bond acceptors (Lipinski definition) is 12. The fraction of sp³-hybridized carbons (Fsp3) is 0.533. The van der Waals surface area contributed by atoms with Crippen LogP contribution in [-0.2, 0) is 14.4 Å². The van der Waals surface area contributed by atoms with Gasteiger partial charge >= 0.3 is 0 Å². The van der Waals surface area contributed by atoms with Crippen molar-refractivity contribution in [1.29, 1.82) is 0 Å². The van der Waals surface area contributed by atoms with Crippen molar-refractivity contribution in [1.82, 2.24) is 14.7 Å². The number of phenolic OH excluding ortho intramolecular Hbond substituents is 1. The molecule has 5 aliphatic rings. The molecule has 6 rings (SSSR count). The predicted molar refractivity (Wildman–Crippen MR) is 155 cm³/mol. The highest BCUT2D eigenvalue weighted by molar-refractivity contribution is 6.25. The average molecular weight is 612 g/mol. The third-order valence-corrected chi connectivity index (χ3v) is 10.4. The van der Waals surface area contributed by atoms with Crippen LogP contribution in [0.25, 0.3) is 0 Å². The topological polar surface area (TPSA) is 217 Å². The Morgan fingerprint density at radius 1 is 1.14 bits per heavy atom. The largest absolute Gasteiger partial charge is 0.510 e. The van der Waals surface area contributed by atoms with Crippen LogP contribution in [-0.4, -0.2) is 134 Å². The molecule has 0 aromatic heterocycles. The normalized spacial score (nSPS) is 35.2. The first kappa shape index (κ1) is 30.2. The standard InChI is InChI=1S/C30H37N5O9/c1-11-14-5-6-15(32-16(36)10-35-9-12-7-13(35)8-34(12)4)23(37)18(14)24(38)19-17(11)25(39)21-22(33(2)3)26(40)20(29(31)43)28(42)30(21,44)27(19)41/h5-6,11-13,17,21-22,25,37,39-41,44H,7-10H2,1-4H3,(H2,31,43)(H,32,36)/t11?,12?,13?,17?,21?,22-,25?,30-/m1/s1. The van der Waals surface area contributed by atoms with Crippen LogP contribution < -0.4 is 11.1 Å². The van der Waals surface area contributed by atoms with Crippen LogP contribution in [0.1, 0.15) is 35.2 Å². The molecule has 3 aliphatic carbocycles. The van der Waals surface area contributed by atoms with Crippen LogP contribution in [0.2, 0.25) is 0 Å². The summed E-state index contributed by atoms with van der Waals surface area (Å²) < 4.78 is 0. The molecule has 0 saturated carbocycles. The van der Waals surface area contributed by atoms with E-state index in [4.69, 9.17) is 5.73 Å². The number of Topliss-reactive ketones (excluding diaryl/α,β-unsaturated/α-hetero) is 2. The Bertz CT molecular complexity index is 1570. The lowest BCUT2D eigenvalue weighted by atomic mass is 9.55. The third kappa shape index (κ3) is 3.98. The summed E-state index contributed by atoms with van der Waals surface area (Å²) in [5, 5.41) is 59.9. The number of aromatic hydroxyl groups is 1. The highest BCUT2D eigenvalue weighted by Gasteiger charge is 2.67. The molecule has 6 unspecified atom stereocenters. The number of aliphatic hydroxyl groups excluding tert-OH is 3. The van der Waals surface area contributed by atoms with Gasteiger partial charge < -0.3 is 41.5 Å². The van der Waals surface area contributed by atoms with Crippen molar-refractivity contribution in [3.05, 3.63) is 45.9 Å². The molecule has 44 heavy (non-hydrogen) atoms. The van der Waals surface area contributed by atoms with Gasteiger partial charge in [0.2, 0.25) is 11.7 Å². The second-order valence-corrected chi connectivity index (χ2v) is 12.9. The Labute approximate surface area is 253 Å². The quantitative estimate of drug-likeness (QED) is 0.157. The number of amides is 2. The SMILES string of the molecule is CC1c2ccc(NC(=O)CN3CC4CC3CN4C)c(O)c2C(=O)C2=C(O)[C@@]3(O)C(=O)C(C(N)=O)=C(O)[C@H](N(C)C)C3C(O)C21. The second kappa shape index (κ2) is 10.1. The summed E-state index contributed by atoms with van der Waals surface area (Å²) in [5.74, 6) is -10.1. The molecule has 2 heterocycles. The van der Waals surface area contributed by atoms with Gasteiger partial charge in [-0.2, -0.15) is 0 Å². The Hall–Kier alpha value is -3.82. The van der Waals surface area contributed by atoms with E-state index in [-0.39, 0.29) is 29.7 Å². The molecule has 8 atom stereocenters. The molecule has 8 N–H and O–H groups in total. The maximum absolute atomic E-state index is 14.0. The summed E-state index contributed by atoms with van der Waals surface area (Å²) in [4.78, 5) is 58.4. The first-order valence-electron chi connectivity index (χ1n) is 14.5. The van der Waals surface area contributed by atoms with E-state index < -0.39 is 81.4 Å². The summed E-state index contributed by atoms with van der Waals surface area (Å²) >= 11 is 0. The lowest BCUT2D eigenvalue weighted by Gasteiger charge is -2.53. The summed E-state index contributed by atoms with van der Waals surface area (Å²) in [7, 11) is 5.00. The van der Waals surface area contributed by atoms with E-state index in [1.54, 1.807) is 13.0 Å². The van der Waals surface area contributed by atoms with Crippen LogP contribution in [0.5, 0.6) is 5.75 Å². The highest BCUT2D eigenvalue weighted by Crippen LogP contribution is 2.56. The number of anilines is 1. The number of piperazine rings is 1. The number of primary amides is 1. The van der Waals surface area contributed by atoms with Crippen LogP contribution in [0, 0.1) is 11.8 Å². The lowest BCUT2D eigenvalue weighted by Crippen LogP contribution is -2.68. The summed E-state index contributed by atoms with van der Waals surface area (Å²) in [6, 6.07) is 2.32. The fourth-order valence-corrected chi connectivity index (χ4v) is 8.24. The van der Waals surface area contributed by atoms with E-state index >= 15 is 0 Å². The number of nitrogens with one attached hydrogen (secondary N) is 1. The van der Waals surface area contributed by atoms with Crippen molar-refractivity contribution in [3.8, 4) is 5.75 Å². The first-order chi connectivity index (χ1) is 20.6. The highest BCUT2D eigenvalue weighted by atomic mass is 16.4. The van der Waals surface area contributed by atoms with Gasteiger partial charge in [0.15, 0.2) is 17.1 Å². The van der Waals surface area contributed by atoms with Gasteiger partial charge in [0.05, 0.1) is 35.9 Å². The molecule has 2 saturated heterocycles. The lowest BCUT2D eigenvalue weighted by molar-refractivity contribution is -0.162. The number of phenols is 1. The van der Waals surface area contributed by atoms with E-state index in [0.717, 1.165) is 19.5 Å². The molecule has 14 nitrogen and oxygen atoms in total. The number of benzene rings is 1. The molecule has 1 aromatic carbocycles. The van der Waals surface area contributed by atoms with Crippen molar-refractivity contribution in [2.75, 3.05) is 46.1 Å². The van der Waals surface area contributed by atoms with Crippen LogP contribution in [0.4, 0.5) is 5.69 Å². The molecule has 2 amide bonds. The number of likely N-dealkylation sites (N-methyl/N-ethyl adjacent to an activating group) is 2. The number of fused-ring (bicyclic) bond motifs is 5. The Morgan fingerprint density at radius 3 is 2.39 bits per heavy atom.